The molecule has 0 bridgehead atoms. The predicted octanol–water partition coefficient (Wildman–Crippen LogP) is 3.84. The zero-order valence-corrected chi connectivity index (χ0v) is 16.0. The van der Waals surface area contributed by atoms with E-state index in [-0.39, 0.29) is 12.3 Å². The molecule has 0 unspecified atom stereocenters. The van der Waals surface area contributed by atoms with Crippen LogP contribution in [0.2, 0.25) is 0 Å². The van der Waals surface area contributed by atoms with Crippen molar-refractivity contribution in [2.75, 3.05) is 7.11 Å². The third-order valence-corrected chi connectivity index (χ3v) is 5.58. The predicted molar refractivity (Wildman–Crippen MR) is 102 cm³/mol. The number of hydrogen-bond acceptors (Lipinski definition) is 3. The van der Waals surface area contributed by atoms with Gasteiger partial charge in [0.15, 0.2) is 4.80 Å². The van der Waals surface area contributed by atoms with Gasteiger partial charge in [-0.1, -0.05) is 35.1 Å². The summed E-state index contributed by atoms with van der Waals surface area (Å²) in [6.45, 7) is 6.20. The van der Waals surface area contributed by atoms with Gasteiger partial charge < -0.3 is 9.30 Å². The van der Waals surface area contributed by atoms with Gasteiger partial charge in [0.25, 0.3) is 5.91 Å². The number of methoxy groups -OCH3 is 1. The molecule has 1 aromatic heterocycles. The molecule has 0 radical (unpaired) electrons. The lowest BCUT2D eigenvalue weighted by Crippen LogP contribution is -2.15. The Balaban J connectivity index is 2.00. The Morgan fingerprint density at radius 1 is 1.20 bits per heavy atom. The third kappa shape index (κ3) is 3.37. The van der Waals surface area contributed by atoms with E-state index in [1.54, 1.807) is 18.4 Å². The highest BCUT2D eigenvalue weighted by Gasteiger charge is 2.11. The average Bonchev–Trinajstić information content (AvgIpc) is 2.88. The molecule has 0 fully saturated rings. The molecule has 0 N–H and O–H groups in total. The van der Waals surface area contributed by atoms with Crippen molar-refractivity contribution in [1.29, 1.82) is 0 Å². The highest BCUT2D eigenvalue weighted by atomic mass is 32.1. The molecule has 25 heavy (non-hydrogen) atoms. The zero-order chi connectivity index (χ0) is 18.1. The normalized spacial score (nSPS) is 12.0. The first-order chi connectivity index (χ1) is 11.9. The van der Waals surface area contributed by atoms with Crippen LogP contribution in [-0.2, 0) is 18.3 Å². The quantitative estimate of drug-likeness (QED) is 0.717. The molecule has 3 rings (SSSR count). The summed E-state index contributed by atoms with van der Waals surface area (Å²) in [4.78, 5) is 17.6. The van der Waals surface area contributed by atoms with Crippen LogP contribution in [0.5, 0.6) is 5.75 Å². The lowest BCUT2D eigenvalue weighted by molar-refractivity contribution is -0.117. The topological polar surface area (TPSA) is 43.6 Å². The molecule has 1 amide bonds. The fraction of sp³-hybridized carbons (Fsp3) is 0.300. The SMILES string of the molecule is COc1ccc(C)cc1CC(=O)N=c1sc2ccc(C)c(C)c2n1C. The summed E-state index contributed by atoms with van der Waals surface area (Å²) in [5, 5.41) is 0. The van der Waals surface area contributed by atoms with Crippen LogP contribution in [0, 0.1) is 20.8 Å². The van der Waals surface area contributed by atoms with Crippen LogP contribution in [0.15, 0.2) is 35.3 Å². The molecule has 4 nitrogen and oxygen atoms in total. The van der Waals surface area contributed by atoms with Crippen molar-refractivity contribution in [2.24, 2.45) is 12.0 Å². The summed E-state index contributed by atoms with van der Waals surface area (Å²) in [6.07, 6.45) is 0.233. The number of benzene rings is 2. The Hall–Kier alpha value is -2.40. The second kappa shape index (κ2) is 6.84. The van der Waals surface area contributed by atoms with Crippen LogP contribution in [-0.4, -0.2) is 17.6 Å². The van der Waals surface area contributed by atoms with Crippen molar-refractivity contribution in [3.8, 4) is 5.75 Å². The molecule has 0 atom stereocenters. The van der Waals surface area contributed by atoms with Gasteiger partial charge in [-0.3, -0.25) is 4.79 Å². The number of ether oxygens (including phenoxy) is 1. The smallest absolute Gasteiger partial charge is 0.252 e. The van der Waals surface area contributed by atoms with Crippen LogP contribution < -0.4 is 9.54 Å². The molecule has 0 saturated heterocycles. The van der Waals surface area contributed by atoms with Crippen molar-refractivity contribution >= 4 is 27.5 Å². The van der Waals surface area contributed by atoms with E-state index in [9.17, 15) is 4.79 Å². The largest absolute Gasteiger partial charge is 0.496 e. The fourth-order valence-corrected chi connectivity index (χ4v) is 4.09. The summed E-state index contributed by atoms with van der Waals surface area (Å²) in [7, 11) is 3.58. The van der Waals surface area contributed by atoms with Gasteiger partial charge in [-0.15, -0.1) is 0 Å². The van der Waals surface area contributed by atoms with Gasteiger partial charge in [-0.05, 0) is 44.0 Å². The van der Waals surface area contributed by atoms with Crippen LogP contribution in [0.4, 0.5) is 0 Å². The maximum Gasteiger partial charge on any atom is 0.252 e. The molecule has 2 aromatic carbocycles. The first-order valence-electron chi connectivity index (χ1n) is 8.17. The number of fused-ring (bicyclic) bond motifs is 1. The summed E-state index contributed by atoms with van der Waals surface area (Å²) >= 11 is 1.54. The number of carbonyl (C=O) groups excluding carboxylic acids is 1. The van der Waals surface area contributed by atoms with Gasteiger partial charge in [-0.2, -0.15) is 4.99 Å². The molecular formula is C20H22N2O2S. The Morgan fingerprint density at radius 2 is 1.96 bits per heavy atom. The lowest BCUT2D eigenvalue weighted by atomic mass is 10.1. The summed E-state index contributed by atoms with van der Waals surface area (Å²) in [5.41, 5.74) is 5.58. The first kappa shape index (κ1) is 17.4. The zero-order valence-electron chi connectivity index (χ0n) is 15.2. The number of nitrogens with zero attached hydrogens (tertiary/aromatic N) is 2. The second-order valence-electron chi connectivity index (χ2n) is 6.30. The highest BCUT2D eigenvalue weighted by molar-refractivity contribution is 7.16. The van der Waals surface area contributed by atoms with Gasteiger partial charge in [-0.25, -0.2) is 0 Å². The van der Waals surface area contributed by atoms with E-state index < -0.39 is 0 Å². The minimum absolute atomic E-state index is 0.166. The third-order valence-electron chi connectivity index (χ3n) is 4.49. The van der Waals surface area contributed by atoms with Crippen LogP contribution >= 0.6 is 11.3 Å². The number of thiazole rings is 1. The molecule has 0 aliphatic carbocycles. The average molecular weight is 354 g/mol. The molecule has 0 aliphatic rings. The number of carbonyl (C=O) groups is 1. The van der Waals surface area contributed by atoms with Gasteiger partial charge in [0.05, 0.1) is 23.7 Å². The van der Waals surface area contributed by atoms with Crippen molar-refractivity contribution in [1.82, 2.24) is 4.57 Å². The first-order valence-corrected chi connectivity index (χ1v) is 8.99. The number of aryl methyl sites for hydroxylation is 4. The lowest BCUT2D eigenvalue weighted by Gasteiger charge is -2.07. The molecule has 0 saturated carbocycles. The van der Waals surface area contributed by atoms with Crippen molar-refractivity contribution in [2.45, 2.75) is 27.2 Å². The Kier molecular flexibility index (Phi) is 4.77. The Morgan fingerprint density at radius 3 is 2.68 bits per heavy atom. The Bertz CT molecular complexity index is 1030. The minimum Gasteiger partial charge on any atom is -0.496 e. The maximum atomic E-state index is 12.5. The van der Waals surface area contributed by atoms with Gasteiger partial charge in [0, 0.05) is 12.6 Å². The van der Waals surface area contributed by atoms with E-state index in [1.165, 1.54) is 11.1 Å². The number of hydrogen-bond donors (Lipinski definition) is 0. The molecule has 0 spiro atoms. The van der Waals surface area contributed by atoms with E-state index in [2.05, 4.69) is 31.0 Å². The monoisotopic (exact) mass is 354 g/mol. The van der Waals surface area contributed by atoms with Gasteiger partial charge in [0.2, 0.25) is 0 Å². The van der Waals surface area contributed by atoms with E-state index >= 15 is 0 Å². The summed E-state index contributed by atoms with van der Waals surface area (Å²) < 4.78 is 8.51. The van der Waals surface area contributed by atoms with E-state index in [4.69, 9.17) is 4.74 Å². The molecule has 130 valence electrons. The molecular weight excluding hydrogens is 332 g/mol. The summed E-state index contributed by atoms with van der Waals surface area (Å²) in [5.74, 6) is 0.557. The molecule has 5 heteroatoms. The molecule has 0 aliphatic heterocycles. The van der Waals surface area contributed by atoms with Crippen molar-refractivity contribution < 1.29 is 9.53 Å². The number of aromatic nitrogens is 1. The van der Waals surface area contributed by atoms with Crippen molar-refractivity contribution in [3.05, 3.63) is 57.4 Å². The molecule has 3 aromatic rings. The van der Waals surface area contributed by atoms with E-state index in [1.807, 2.05) is 36.7 Å². The number of amides is 1. The fourth-order valence-electron chi connectivity index (χ4n) is 2.99. The Labute approximate surface area is 151 Å². The van der Waals surface area contributed by atoms with E-state index in [0.717, 1.165) is 31.9 Å². The molecule has 1 heterocycles. The van der Waals surface area contributed by atoms with Crippen LogP contribution in [0.25, 0.3) is 10.2 Å². The van der Waals surface area contributed by atoms with Crippen LogP contribution in [0.1, 0.15) is 22.3 Å². The van der Waals surface area contributed by atoms with Crippen LogP contribution in [0.3, 0.4) is 0 Å². The second-order valence-corrected chi connectivity index (χ2v) is 7.30. The summed E-state index contributed by atoms with van der Waals surface area (Å²) in [6, 6.07) is 10.0. The van der Waals surface area contributed by atoms with Crippen molar-refractivity contribution in [3.63, 3.8) is 0 Å². The number of rotatable bonds is 3. The van der Waals surface area contributed by atoms with E-state index in [0.29, 0.717) is 0 Å². The standard InChI is InChI=1S/C20H22N2O2S/c1-12-6-8-16(24-5)15(10-12)11-18(23)21-20-22(4)19-14(3)13(2)7-9-17(19)25-20/h6-10H,11H2,1-5H3. The van der Waals surface area contributed by atoms with Gasteiger partial charge >= 0.3 is 0 Å². The van der Waals surface area contributed by atoms with Gasteiger partial charge in [0.1, 0.15) is 5.75 Å². The minimum atomic E-state index is -0.166. The maximum absolute atomic E-state index is 12.5. The highest BCUT2D eigenvalue weighted by Crippen LogP contribution is 2.23.